The molecule has 114 valence electrons. The van der Waals surface area contributed by atoms with E-state index < -0.39 is 0 Å². The normalized spacial score (nSPS) is 39.0. The van der Waals surface area contributed by atoms with Gasteiger partial charge in [0.05, 0.1) is 12.0 Å². The molecule has 4 aliphatic carbocycles. The molecular weight excluding hydrogens is 248 g/mol. The van der Waals surface area contributed by atoms with Crippen molar-refractivity contribution >= 4 is 5.97 Å². The van der Waals surface area contributed by atoms with Gasteiger partial charge in [-0.1, -0.05) is 6.92 Å². The van der Waals surface area contributed by atoms with Crippen LogP contribution in [0.3, 0.4) is 0 Å². The summed E-state index contributed by atoms with van der Waals surface area (Å²) in [6, 6.07) is 0. The van der Waals surface area contributed by atoms with Crippen LogP contribution in [0.4, 0.5) is 0 Å². The quantitative estimate of drug-likeness (QED) is 0.688. The minimum absolute atomic E-state index is 0.00951. The molecular formula is C18H30O2. The van der Waals surface area contributed by atoms with Gasteiger partial charge in [0, 0.05) is 0 Å². The van der Waals surface area contributed by atoms with Gasteiger partial charge in [0.2, 0.25) is 0 Å². The van der Waals surface area contributed by atoms with Crippen molar-refractivity contribution < 1.29 is 9.53 Å². The summed E-state index contributed by atoms with van der Waals surface area (Å²) < 4.78 is 5.60. The monoisotopic (exact) mass is 278 g/mol. The summed E-state index contributed by atoms with van der Waals surface area (Å²) in [4.78, 5) is 12.1. The van der Waals surface area contributed by atoms with E-state index in [1.807, 2.05) is 13.8 Å². The van der Waals surface area contributed by atoms with Crippen molar-refractivity contribution in [3.8, 4) is 0 Å². The van der Waals surface area contributed by atoms with Crippen LogP contribution >= 0.6 is 0 Å². The summed E-state index contributed by atoms with van der Waals surface area (Å²) in [5.41, 5.74) is 0.215. The van der Waals surface area contributed by atoms with Gasteiger partial charge in [0.15, 0.2) is 0 Å². The number of rotatable bonds is 5. The summed E-state index contributed by atoms with van der Waals surface area (Å²) in [6.45, 7) is 6.68. The first-order chi connectivity index (χ1) is 9.42. The van der Waals surface area contributed by atoms with Crippen molar-refractivity contribution in [1.82, 2.24) is 0 Å². The van der Waals surface area contributed by atoms with Crippen molar-refractivity contribution in [1.29, 1.82) is 0 Å². The maximum absolute atomic E-state index is 12.1. The Morgan fingerprint density at radius 1 is 1.10 bits per heavy atom. The second-order valence-electron chi connectivity index (χ2n) is 8.54. The van der Waals surface area contributed by atoms with Gasteiger partial charge >= 0.3 is 5.97 Å². The zero-order valence-corrected chi connectivity index (χ0v) is 13.4. The molecule has 0 heterocycles. The van der Waals surface area contributed by atoms with Crippen LogP contribution in [0.15, 0.2) is 0 Å². The van der Waals surface area contributed by atoms with Crippen LogP contribution in [-0.2, 0) is 9.53 Å². The molecule has 2 heteroatoms. The third-order valence-corrected chi connectivity index (χ3v) is 6.47. The van der Waals surface area contributed by atoms with Crippen molar-refractivity contribution in [2.24, 2.45) is 28.6 Å². The molecule has 4 bridgehead atoms. The van der Waals surface area contributed by atoms with Gasteiger partial charge in [-0.3, -0.25) is 4.79 Å². The molecule has 20 heavy (non-hydrogen) atoms. The molecule has 0 aromatic carbocycles. The van der Waals surface area contributed by atoms with Crippen LogP contribution in [0, 0.1) is 28.6 Å². The third kappa shape index (κ3) is 2.63. The molecule has 0 aliphatic heterocycles. The predicted octanol–water partition coefficient (Wildman–Crippen LogP) is 4.57. The first-order valence-electron chi connectivity index (χ1n) is 8.60. The van der Waals surface area contributed by atoms with E-state index in [0.29, 0.717) is 12.0 Å². The van der Waals surface area contributed by atoms with Gasteiger partial charge in [0.25, 0.3) is 0 Å². The van der Waals surface area contributed by atoms with Crippen LogP contribution in [0.5, 0.6) is 0 Å². The number of carbonyl (C=O) groups is 1. The lowest BCUT2D eigenvalue weighted by molar-refractivity contribution is -0.156. The summed E-state index contributed by atoms with van der Waals surface area (Å²) in [5.74, 6) is 2.96. The Hall–Kier alpha value is -0.530. The number of hydrogen-bond donors (Lipinski definition) is 0. The Morgan fingerprint density at radius 2 is 1.60 bits per heavy atom. The first kappa shape index (κ1) is 14.4. The van der Waals surface area contributed by atoms with Gasteiger partial charge in [-0.15, -0.1) is 0 Å². The fourth-order valence-electron chi connectivity index (χ4n) is 5.30. The fraction of sp³-hybridized carbons (Fsp3) is 0.944. The fourth-order valence-corrected chi connectivity index (χ4v) is 5.30. The van der Waals surface area contributed by atoms with E-state index >= 15 is 0 Å². The molecule has 0 aromatic rings. The van der Waals surface area contributed by atoms with Gasteiger partial charge < -0.3 is 4.74 Å². The molecule has 0 atom stereocenters. The molecule has 4 saturated carbocycles. The highest BCUT2D eigenvalue weighted by molar-refractivity contribution is 5.75. The zero-order valence-electron chi connectivity index (χ0n) is 13.4. The minimum atomic E-state index is -0.318. The number of hydrogen-bond acceptors (Lipinski definition) is 2. The molecule has 0 aromatic heterocycles. The van der Waals surface area contributed by atoms with Gasteiger partial charge in [-0.2, -0.15) is 0 Å². The number of carbonyl (C=O) groups excluding carboxylic acids is 1. The van der Waals surface area contributed by atoms with Gasteiger partial charge in [-0.25, -0.2) is 0 Å². The van der Waals surface area contributed by atoms with E-state index in [1.165, 1.54) is 38.5 Å². The maximum atomic E-state index is 12.1. The van der Waals surface area contributed by atoms with Crippen molar-refractivity contribution in [3.63, 3.8) is 0 Å². The second kappa shape index (κ2) is 5.03. The summed E-state index contributed by atoms with van der Waals surface area (Å²) >= 11 is 0. The Labute approximate surface area is 123 Å². The van der Waals surface area contributed by atoms with E-state index in [4.69, 9.17) is 4.74 Å². The molecule has 2 nitrogen and oxygen atoms in total. The maximum Gasteiger partial charge on any atom is 0.311 e. The lowest BCUT2D eigenvalue weighted by Crippen LogP contribution is -2.46. The van der Waals surface area contributed by atoms with Crippen molar-refractivity contribution in [2.75, 3.05) is 6.61 Å². The van der Waals surface area contributed by atoms with Crippen molar-refractivity contribution in [2.45, 2.75) is 72.1 Å². The molecule has 0 spiro atoms. The van der Waals surface area contributed by atoms with Gasteiger partial charge in [-0.05, 0) is 88.4 Å². The highest BCUT2D eigenvalue weighted by Gasteiger charge is 2.50. The van der Waals surface area contributed by atoms with E-state index in [-0.39, 0.29) is 11.4 Å². The average Bonchev–Trinajstić information content (AvgIpc) is 2.36. The number of ether oxygens (including phenoxy) is 1. The first-order valence-corrected chi connectivity index (χ1v) is 8.60. The lowest BCUT2D eigenvalue weighted by Gasteiger charge is -2.57. The molecule has 4 aliphatic rings. The van der Waals surface area contributed by atoms with E-state index in [9.17, 15) is 4.79 Å². The Bertz CT molecular complexity index is 348. The lowest BCUT2D eigenvalue weighted by atomic mass is 9.49. The standard InChI is InChI=1S/C18H30O2/c1-4-17(2,3)16(19)20-6-5-18-10-13-7-14(11-18)9-15(8-13)12-18/h13-15H,4-12H2,1-3H3. The van der Waals surface area contributed by atoms with Crippen LogP contribution in [-0.4, -0.2) is 12.6 Å². The summed E-state index contributed by atoms with van der Waals surface area (Å²) in [7, 11) is 0. The summed E-state index contributed by atoms with van der Waals surface area (Å²) in [6.07, 6.45) is 10.7. The molecule has 0 radical (unpaired) electrons. The Morgan fingerprint density at radius 3 is 2.05 bits per heavy atom. The van der Waals surface area contributed by atoms with Crippen molar-refractivity contribution in [3.05, 3.63) is 0 Å². The zero-order chi connectivity index (χ0) is 14.4. The van der Waals surface area contributed by atoms with Crippen LogP contribution < -0.4 is 0 Å². The highest BCUT2D eigenvalue weighted by atomic mass is 16.5. The molecule has 0 unspecified atom stereocenters. The largest absolute Gasteiger partial charge is 0.465 e. The minimum Gasteiger partial charge on any atom is -0.465 e. The number of esters is 1. The third-order valence-electron chi connectivity index (χ3n) is 6.47. The van der Waals surface area contributed by atoms with Crippen LogP contribution in [0.1, 0.15) is 72.1 Å². The molecule has 0 saturated heterocycles. The SMILES string of the molecule is CCC(C)(C)C(=O)OCCC12CC3CC(CC(C3)C1)C2. The second-order valence-corrected chi connectivity index (χ2v) is 8.54. The molecule has 4 fully saturated rings. The highest BCUT2D eigenvalue weighted by Crippen LogP contribution is 2.61. The van der Waals surface area contributed by atoms with Gasteiger partial charge in [0.1, 0.15) is 0 Å². The molecule has 0 amide bonds. The van der Waals surface area contributed by atoms with Crippen LogP contribution in [0.2, 0.25) is 0 Å². The Kier molecular flexibility index (Phi) is 3.63. The average molecular weight is 278 g/mol. The smallest absolute Gasteiger partial charge is 0.311 e. The Balaban J connectivity index is 1.53. The van der Waals surface area contributed by atoms with Crippen LogP contribution in [0.25, 0.3) is 0 Å². The molecule has 4 rings (SSSR count). The summed E-state index contributed by atoms with van der Waals surface area (Å²) in [5, 5.41) is 0. The predicted molar refractivity (Wildman–Crippen MR) is 80.3 cm³/mol. The van der Waals surface area contributed by atoms with E-state index in [1.54, 1.807) is 0 Å². The molecule has 0 N–H and O–H groups in total. The van der Waals surface area contributed by atoms with E-state index in [2.05, 4.69) is 6.92 Å². The topological polar surface area (TPSA) is 26.3 Å². The van der Waals surface area contributed by atoms with E-state index in [0.717, 1.165) is 30.6 Å².